The minimum Gasteiger partial charge on any atom is -0.393 e. The number of benzene rings is 1. The van der Waals surface area contributed by atoms with E-state index in [4.69, 9.17) is 4.74 Å². The smallest absolute Gasteiger partial charge is 0.0900 e. The molecule has 1 aliphatic rings. The van der Waals surface area contributed by atoms with Gasteiger partial charge in [0.1, 0.15) is 0 Å². The van der Waals surface area contributed by atoms with Crippen molar-refractivity contribution in [2.24, 2.45) is 0 Å². The van der Waals surface area contributed by atoms with Crippen LogP contribution < -0.4 is 0 Å². The highest BCUT2D eigenvalue weighted by molar-refractivity contribution is 5.13. The molecule has 2 rings (SSSR count). The summed E-state index contributed by atoms with van der Waals surface area (Å²) in [6.07, 6.45) is 2.31. The zero-order valence-electron chi connectivity index (χ0n) is 12.8. The summed E-state index contributed by atoms with van der Waals surface area (Å²) < 4.78 is 5.58. The van der Waals surface area contributed by atoms with Crippen LogP contribution in [0, 0.1) is 0 Å². The van der Waals surface area contributed by atoms with E-state index < -0.39 is 6.10 Å². The summed E-state index contributed by atoms with van der Waals surface area (Å²) in [6, 6.07) is 10.4. The van der Waals surface area contributed by atoms with Gasteiger partial charge in [-0.1, -0.05) is 30.3 Å². The summed E-state index contributed by atoms with van der Waals surface area (Å²) in [6.45, 7) is 4.36. The fourth-order valence-electron chi connectivity index (χ4n) is 3.01. The lowest BCUT2D eigenvalue weighted by molar-refractivity contribution is 0.00463. The Labute approximate surface area is 127 Å². The van der Waals surface area contributed by atoms with Gasteiger partial charge in [-0.25, -0.2) is 0 Å². The molecule has 0 radical (unpaired) electrons. The van der Waals surface area contributed by atoms with Gasteiger partial charge in [0, 0.05) is 12.6 Å². The van der Waals surface area contributed by atoms with Crippen LogP contribution in [-0.4, -0.2) is 53.1 Å². The van der Waals surface area contributed by atoms with E-state index in [1.807, 2.05) is 37.3 Å². The Morgan fingerprint density at radius 2 is 2.05 bits per heavy atom. The van der Waals surface area contributed by atoms with Gasteiger partial charge in [0.15, 0.2) is 0 Å². The first kappa shape index (κ1) is 16.4. The maximum absolute atomic E-state index is 10.1. The van der Waals surface area contributed by atoms with Crippen molar-refractivity contribution in [3.63, 3.8) is 0 Å². The van der Waals surface area contributed by atoms with Gasteiger partial charge in [-0.3, -0.25) is 4.90 Å². The zero-order valence-corrected chi connectivity index (χ0v) is 12.8. The average molecular weight is 293 g/mol. The average Bonchev–Trinajstić information content (AvgIpc) is 2.86. The number of aliphatic hydroxyl groups excluding tert-OH is 2. The first-order valence-electron chi connectivity index (χ1n) is 7.87. The Kier molecular flexibility index (Phi) is 6.64. The van der Waals surface area contributed by atoms with Gasteiger partial charge in [-0.05, 0) is 38.3 Å². The third kappa shape index (κ3) is 5.75. The van der Waals surface area contributed by atoms with Crippen molar-refractivity contribution in [1.29, 1.82) is 0 Å². The second-order valence-electron chi connectivity index (χ2n) is 6.03. The molecule has 3 unspecified atom stereocenters. The second kappa shape index (κ2) is 8.49. The Bertz CT molecular complexity index is 396. The number of hydrogen-bond donors (Lipinski definition) is 2. The fourth-order valence-corrected chi connectivity index (χ4v) is 3.01. The normalized spacial score (nSPS) is 22.3. The molecule has 1 saturated heterocycles. The standard InChI is InChI=1S/C17H27NO3/c1-14(19)10-16-8-5-9-18(16)11-17(20)13-21-12-15-6-3-2-4-7-15/h2-4,6-7,14,16-17,19-20H,5,8-13H2,1H3. The molecule has 1 aliphatic heterocycles. The van der Waals surface area contributed by atoms with E-state index in [9.17, 15) is 10.2 Å². The molecule has 0 amide bonds. The van der Waals surface area contributed by atoms with Crippen molar-refractivity contribution >= 4 is 0 Å². The first-order chi connectivity index (χ1) is 10.1. The number of hydrogen-bond acceptors (Lipinski definition) is 4. The maximum atomic E-state index is 10.1. The summed E-state index contributed by atoms with van der Waals surface area (Å²) in [7, 11) is 0. The van der Waals surface area contributed by atoms with E-state index in [-0.39, 0.29) is 6.10 Å². The highest BCUT2D eigenvalue weighted by atomic mass is 16.5. The number of ether oxygens (including phenoxy) is 1. The van der Waals surface area contributed by atoms with Gasteiger partial charge in [-0.15, -0.1) is 0 Å². The van der Waals surface area contributed by atoms with Gasteiger partial charge in [0.25, 0.3) is 0 Å². The van der Waals surface area contributed by atoms with Crippen LogP contribution in [0.5, 0.6) is 0 Å². The Morgan fingerprint density at radius 1 is 1.29 bits per heavy atom. The molecule has 4 heteroatoms. The van der Waals surface area contributed by atoms with Crippen LogP contribution in [0.4, 0.5) is 0 Å². The predicted molar refractivity (Wildman–Crippen MR) is 83.0 cm³/mol. The predicted octanol–water partition coefficient (Wildman–Crippen LogP) is 1.80. The molecule has 0 saturated carbocycles. The number of β-amino-alcohol motifs (C(OH)–C–C–N with tert-alkyl or cyclic N) is 1. The number of rotatable bonds is 8. The lowest BCUT2D eigenvalue weighted by atomic mass is 10.1. The number of likely N-dealkylation sites (tertiary alicyclic amines) is 1. The SMILES string of the molecule is CC(O)CC1CCCN1CC(O)COCc1ccccc1. The van der Waals surface area contributed by atoms with Gasteiger partial charge >= 0.3 is 0 Å². The second-order valence-corrected chi connectivity index (χ2v) is 6.03. The summed E-state index contributed by atoms with van der Waals surface area (Å²) in [5, 5.41) is 19.6. The maximum Gasteiger partial charge on any atom is 0.0900 e. The minimum absolute atomic E-state index is 0.276. The molecular formula is C17H27NO3. The van der Waals surface area contributed by atoms with Crippen molar-refractivity contribution in [3.8, 4) is 0 Å². The lowest BCUT2D eigenvalue weighted by Gasteiger charge is -2.27. The molecule has 2 N–H and O–H groups in total. The molecule has 1 heterocycles. The van der Waals surface area contributed by atoms with Crippen LogP contribution in [0.3, 0.4) is 0 Å². The largest absolute Gasteiger partial charge is 0.393 e. The van der Waals surface area contributed by atoms with Gasteiger partial charge in [0.05, 0.1) is 25.4 Å². The van der Waals surface area contributed by atoms with Crippen molar-refractivity contribution in [1.82, 2.24) is 4.90 Å². The zero-order chi connectivity index (χ0) is 15.1. The topological polar surface area (TPSA) is 52.9 Å². The molecule has 1 aromatic rings. The van der Waals surface area contributed by atoms with E-state index in [0.29, 0.717) is 25.8 Å². The summed E-state index contributed by atoms with van der Waals surface area (Å²) >= 11 is 0. The van der Waals surface area contributed by atoms with Gasteiger partial charge in [0.2, 0.25) is 0 Å². The Balaban J connectivity index is 1.68. The van der Waals surface area contributed by atoms with E-state index >= 15 is 0 Å². The fraction of sp³-hybridized carbons (Fsp3) is 0.647. The molecule has 118 valence electrons. The van der Waals surface area contributed by atoms with Crippen LogP contribution in [-0.2, 0) is 11.3 Å². The highest BCUT2D eigenvalue weighted by Gasteiger charge is 2.27. The van der Waals surface area contributed by atoms with E-state index in [0.717, 1.165) is 31.4 Å². The Hall–Kier alpha value is -0.940. The van der Waals surface area contributed by atoms with Crippen molar-refractivity contribution in [2.75, 3.05) is 19.7 Å². The summed E-state index contributed by atoms with van der Waals surface area (Å²) in [5.41, 5.74) is 1.12. The molecular weight excluding hydrogens is 266 g/mol. The van der Waals surface area contributed by atoms with E-state index in [1.165, 1.54) is 0 Å². The molecule has 0 bridgehead atoms. The van der Waals surface area contributed by atoms with Gasteiger partial charge < -0.3 is 14.9 Å². The lowest BCUT2D eigenvalue weighted by Crippen LogP contribution is -2.39. The minimum atomic E-state index is -0.469. The number of nitrogens with zero attached hydrogens (tertiary/aromatic N) is 1. The third-order valence-electron chi connectivity index (χ3n) is 3.98. The van der Waals surface area contributed by atoms with Crippen LogP contribution in [0.1, 0.15) is 31.7 Å². The van der Waals surface area contributed by atoms with Crippen LogP contribution >= 0.6 is 0 Å². The Morgan fingerprint density at radius 3 is 2.76 bits per heavy atom. The third-order valence-corrected chi connectivity index (χ3v) is 3.98. The van der Waals surface area contributed by atoms with Crippen molar-refractivity contribution < 1.29 is 14.9 Å². The van der Waals surface area contributed by atoms with E-state index in [2.05, 4.69) is 4.90 Å². The van der Waals surface area contributed by atoms with Crippen LogP contribution in [0.25, 0.3) is 0 Å². The molecule has 0 aliphatic carbocycles. The van der Waals surface area contributed by atoms with Crippen molar-refractivity contribution in [2.45, 2.75) is 51.0 Å². The van der Waals surface area contributed by atoms with Crippen molar-refractivity contribution in [3.05, 3.63) is 35.9 Å². The molecule has 0 aromatic heterocycles. The van der Waals surface area contributed by atoms with Gasteiger partial charge in [-0.2, -0.15) is 0 Å². The molecule has 4 nitrogen and oxygen atoms in total. The quantitative estimate of drug-likeness (QED) is 0.767. The monoisotopic (exact) mass is 293 g/mol. The summed E-state index contributed by atoms with van der Waals surface area (Å²) in [5.74, 6) is 0. The van der Waals surface area contributed by atoms with Crippen LogP contribution in [0.15, 0.2) is 30.3 Å². The molecule has 1 fully saturated rings. The number of aliphatic hydroxyl groups is 2. The van der Waals surface area contributed by atoms with E-state index in [1.54, 1.807) is 0 Å². The van der Waals surface area contributed by atoms with Crippen LogP contribution in [0.2, 0.25) is 0 Å². The summed E-state index contributed by atoms with van der Waals surface area (Å²) in [4.78, 5) is 2.28. The molecule has 3 atom stereocenters. The highest BCUT2D eigenvalue weighted by Crippen LogP contribution is 2.21. The first-order valence-corrected chi connectivity index (χ1v) is 7.87. The molecule has 21 heavy (non-hydrogen) atoms. The molecule has 1 aromatic carbocycles. The molecule has 0 spiro atoms.